The van der Waals surface area contributed by atoms with Crippen molar-refractivity contribution in [2.75, 3.05) is 10.6 Å². The van der Waals surface area contributed by atoms with Gasteiger partial charge in [-0.3, -0.25) is 9.69 Å². The first-order chi connectivity index (χ1) is 9.49. The summed E-state index contributed by atoms with van der Waals surface area (Å²) < 4.78 is 0.873. The zero-order valence-electron chi connectivity index (χ0n) is 11.4. The van der Waals surface area contributed by atoms with E-state index in [1.54, 1.807) is 35.4 Å². The van der Waals surface area contributed by atoms with Crippen molar-refractivity contribution >= 4 is 33.3 Å². The molecule has 0 unspecified atom stereocenters. The maximum atomic E-state index is 12.7. The van der Waals surface area contributed by atoms with Crippen molar-refractivity contribution in [3.63, 3.8) is 0 Å². The largest absolute Gasteiger partial charge is 0.397 e. The highest BCUT2D eigenvalue weighted by Crippen LogP contribution is 2.20. The molecular weight excluding hydrogens is 318 g/mol. The molecule has 0 aliphatic rings. The van der Waals surface area contributed by atoms with Crippen LogP contribution in [0.3, 0.4) is 0 Å². The number of hydrogen-bond acceptors (Lipinski definition) is 3. The first-order valence-corrected chi connectivity index (χ1v) is 7.09. The zero-order chi connectivity index (χ0) is 14.7. The number of hydrogen-bond donors (Lipinski definition) is 1. The van der Waals surface area contributed by atoms with Gasteiger partial charge in [0, 0.05) is 16.1 Å². The number of rotatable bonds is 3. The molecule has 2 aromatic rings. The fraction of sp³-hybridized carbons (Fsp3) is 0.200. The van der Waals surface area contributed by atoms with E-state index in [0.717, 1.165) is 4.47 Å². The summed E-state index contributed by atoms with van der Waals surface area (Å²) in [6, 6.07) is 10.8. The van der Waals surface area contributed by atoms with Crippen molar-refractivity contribution in [3.8, 4) is 0 Å². The van der Waals surface area contributed by atoms with Crippen LogP contribution in [0.1, 0.15) is 24.2 Å². The van der Waals surface area contributed by atoms with Gasteiger partial charge in [0.05, 0.1) is 11.9 Å². The summed E-state index contributed by atoms with van der Waals surface area (Å²) in [6.07, 6.45) is 1.55. The molecule has 1 aromatic heterocycles. The van der Waals surface area contributed by atoms with Crippen molar-refractivity contribution in [1.82, 2.24) is 4.98 Å². The lowest BCUT2D eigenvalue weighted by Gasteiger charge is -2.26. The molecule has 0 aliphatic carbocycles. The molecule has 0 saturated carbocycles. The number of aromatic nitrogens is 1. The number of halogens is 1. The Morgan fingerprint density at radius 3 is 2.60 bits per heavy atom. The second-order valence-electron chi connectivity index (χ2n) is 4.73. The molecule has 1 heterocycles. The van der Waals surface area contributed by atoms with Crippen LogP contribution in [0.2, 0.25) is 0 Å². The smallest absolute Gasteiger partial charge is 0.259 e. The van der Waals surface area contributed by atoms with Crippen molar-refractivity contribution in [3.05, 3.63) is 52.6 Å². The van der Waals surface area contributed by atoms with Gasteiger partial charge >= 0.3 is 0 Å². The third-order valence-corrected chi connectivity index (χ3v) is 3.32. The van der Waals surface area contributed by atoms with E-state index in [-0.39, 0.29) is 11.9 Å². The number of carbonyl (C=O) groups excluding carboxylic acids is 1. The highest BCUT2D eigenvalue weighted by molar-refractivity contribution is 9.10. The van der Waals surface area contributed by atoms with Crippen LogP contribution in [0.15, 0.2) is 47.1 Å². The van der Waals surface area contributed by atoms with E-state index in [9.17, 15) is 4.79 Å². The summed E-state index contributed by atoms with van der Waals surface area (Å²) in [7, 11) is 0. The monoisotopic (exact) mass is 333 g/mol. The normalized spacial score (nSPS) is 10.6. The first kappa shape index (κ1) is 14.5. The minimum atomic E-state index is -0.0847. The van der Waals surface area contributed by atoms with E-state index < -0.39 is 0 Å². The van der Waals surface area contributed by atoms with Crippen LogP contribution in [-0.2, 0) is 0 Å². The molecule has 0 radical (unpaired) electrons. The summed E-state index contributed by atoms with van der Waals surface area (Å²) in [5.41, 5.74) is 6.83. The van der Waals surface area contributed by atoms with Gasteiger partial charge < -0.3 is 5.73 Å². The maximum Gasteiger partial charge on any atom is 0.259 e. The summed E-state index contributed by atoms with van der Waals surface area (Å²) in [4.78, 5) is 18.5. The average Bonchev–Trinajstić information content (AvgIpc) is 2.41. The van der Waals surface area contributed by atoms with E-state index >= 15 is 0 Å². The average molecular weight is 334 g/mol. The van der Waals surface area contributed by atoms with Gasteiger partial charge in [0.15, 0.2) is 0 Å². The first-order valence-electron chi connectivity index (χ1n) is 6.29. The van der Waals surface area contributed by atoms with Gasteiger partial charge in [-0.2, -0.15) is 0 Å². The van der Waals surface area contributed by atoms with Gasteiger partial charge in [-0.15, -0.1) is 0 Å². The fourth-order valence-electron chi connectivity index (χ4n) is 1.90. The molecule has 5 heteroatoms. The van der Waals surface area contributed by atoms with Gasteiger partial charge in [-0.05, 0) is 44.2 Å². The molecule has 0 saturated heterocycles. The van der Waals surface area contributed by atoms with Crippen LogP contribution in [0, 0.1) is 0 Å². The molecule has 1 amide bonds. The Morgan fingerprint density at radius 2 is 2.05 bits per heavy atom. The Kier molecular flexibility index (Phi) is 4.39. The van der Waals surface area contributed by atoms with Crippen LogP contribution >= 0.6 is 15.9 Å². The summed E-state index contributed by atoms with van der Waals surface area (Å²) in [5, 5.41) is 0. The zero-order valence-corrected chi connectivity index (χ0v) is 13.0. The van der Waals surface area contributed by atoms with Gasteiger partial charge in [0.25, 0.3) is 5.91 Å². The molecule has 2 N–H and O–H groups in total. The maximum absolute atomic E-state index is 12.7. The third kappa shape index (κ3) is 3.17. The minimum absolute atomic E-state index is 0.00222. The van der Waals surface area contributed by atoms with E-state index in [1.165, 1.54) is 0 Å². The number of pyridine rings is 1. The number of nitrogens with two attached hydrogens (primary N) is 1. The van der Waals surface area contributed by atoms with Crippen molar-refractivity contribution in [2.24, 2.45) is 0 Å². The van der Waals surface area contributed by atoms with Crippen LogP contribution < -0.4 is 10.6 Å². The van der Waals surface area contributed by atoms with E-state index in [2.05, 4.69) is 20.9 Å². The Bertz CT molecular complexity index is 611. The lowest BCUT2D eigenvalue weighted by atomic mass is 10.1. The molecule has 0 bridgehead atoms. The predicted octanol–water partition coefficient (Wildman–Crippen LogP) is 3.48. The van der Waals surface area contributed by atoms with Crippen molar-refractivity contribution < 1.29 is 4.79 Å². The quantitative estimate of drug-likeness (QED) is 0.935. The molecule has 0 spiro atoms. The summed E-state index contributed by atoms with van der Waals surface area (Å²) >= 11 is 3.38. The van der Waals surface area contributed by atoms with Gasteiger partial charge in [0.2, 0.25) is 0 Å². The van der Waals surface area contributed by atoms with Crippen molar-refractivity contribution in [1.29, 1.82) is 0 Å². The number of anilines is 2. The van der Waals surface area contributed by atoms with Gasteiger partial charge in [0.1, 0.15) is 5.82 Å². The van der Waals surface area contributed by atoms with Crippen LogP contribution in [-0.4, -0.2) is 16.9 Å². The molecule has 1 aromatic carbocycles. The highest BCUT2D eigenvalue weighted by Gasteiger charge is 2.21. The molecular formula is C15H16BrN3O. The Labute approximate surface area is 126 Å². The molecule has 0 atom stereocenters. The lowest BCUT2D eigenvalue weighted by Crippen LogP contribution is -2.37. The molecule has 0 fully saturated rings. The number of amides is 1. The second kappa shape index (κ2) is 6.05. The molecule has 4 nitrogen and oxygen atoms in total. The van der Waals surface area contributed by atoms with Crippen LogP contribution in [0.4, 0.5) is 11.5 Å². The predicted molar refractivity (Wildman–Crippen MR) is 84.7 cm³/mol. The van der Waals surface area contributed by atoms with Crippen molar-refractivity contribution in [2.45, 2.75) is 19.9 Å². The van der Waals surface area contributed by atoms with E-state index in [1.807, 2.05) is 26.0 Å². The third-order valence-electron chi connectivity index (χ3n) is 2.82. The Hall–Kier alpha value is -1.88. The standard InChI is InChI=1S/C15H16BrN3O/c1-10(2)19(14-7-6-13(17)9-18-14)15(20)11-4-3-5-12(16)8-11/h3-10H,17H2,1-2H3. The number of nitrogen functional groups attached to an aromatic ring is 1. The molecule has 2 rings (SSSR count). The SMILES string of the molecule is CC(C)N(C(=O)c1cccc(Br)c1)c1ccc(N)cn1. The molecule has 0 aliphatic heterocycles. The summed E-state index contributed by atoms with van der Waals surface area (Å²) in [6.45, 7) is 3.90. The van der Waals surface area contributed by atoms with Gasteiger partial charge in [-0.25, -0.2) is 4.98 Å². The van der Waals surface area contributed by atoms with Crippen LogP contribution in [0.5, 0.6) is 0 Å². The van der Waals surface area contributed by atoms with Crippen LogP contribution in [0.25, 0.3) is 0 Å². The van der Waals surface area contributed by atoms with E-state index in [0.29, 0.717) is 17.1 Å². The molecule has 20 heavy (non-hydrogen) atoms. The number of carbonyl (C=O) groups is 1. The highest BCUT2D eigenvalue weighted by atomic mass is 79.9. The minimum Gasteiger partial charge on any atom is -0.397 e. The second-order valence-corrected chi connectivity index (χ2v) is 5.64. The fourth-order valence-corrected chi connectivity index (χ4v) is 2.30. The van der Waals surface area contributed by atoms with Gasteiger partial charge in [-0.1, -0.05) is 22.0 Å². The lowest BCUT2D eigenvalue weighted by molar-refractivity contribution is 0.0979. The topological polar surface area (TPSA) is 59.2 Å². The summed E-state index contributed by atoms with van der Waals surface area (Å²) in [5.74, 6) is 0.512. The number of nitrogens with zero attached hydrogens (tertiary/aromatic N) is 2. The Morgan fingerprint density at radius 1 is 1.30 bits per heavy atom. The Balaban J connectivity index is 2.38. The van der Waals surface area contributed by atoms with E-state index in [4.69, 9.17) is 5.73 Å². The number of benzene rings is 1. The molecule has 104 valence electrons.